The number of rotatable bonds is 15. The van der Waals surface area contributed by atoms with Crippen LogP contribution >= 0.6 is 7.82 Å². The van der Waals surface area contributed by atoms with Crippen LogP contribution in [0.4, 0.5) is 0 Å². The fourth-order valence-electron chi connectivity index (χ4n) is 2.52. The molecule has 0 fully saturated rings. The minimum atomic E-state index is -4.64. The molecule has 0 aliphatic heterocycles. The van der Waals surface area contributed by atoms with Crippen LogP contribution in [-0.2, 0) is 4.57 Å². The summed E-state index contributed by atoms with van der Waals surface area (Å²) in [5.74, 6) is 0. The zero-order chi connectivity index (χ0) is 18.7. The van der Waals surface area contributed by atoms with Gasteiger partial charge in [-0.15, -0.1) is 0 Å². The molecule has 0 bridgehead atoms. The maximum absolute atomic E-state index is 8.88. The van der Waals surface area contributed by atoms with Crippen LogP contribution < -0.4 is 0 Å². The molecule has 0 spiro atoms. The Balaban J connectivity index is 0. The quantitative estimate of drug-likeness (QED) is 0.129. The average Bonchev–Trinajstić information content (AvgIpc) is 2.45. The number of hydrogen-bond acceptors (Lipinski definition) is 3. The molecule has 0 atom stereocenters. The Morgan fingerprint density at radius 3 is 1.12 bits per heavy atom. The van der Waals surface area contributed by atoms with E-state index in [0.29, 0.717) is 6.42 Å². The van der Waals surface area contributed by atoms with Gasteiger partial charge >= 0.3 is 110 Å². The third-order valence-corrected chi connectivity index (χ3v) is 4.52. The van der Waals surface area contributed by atoms with Crippen LogP contribution in [0.5, 0.6) is 0 Å². The molecule has 0 unspecified atom stereocenters. The minimum absolute atomic E-state index is 0.542. The second-order valence-electron chi connectivity index (χ2n) is 6.38. The van der Waals surface area contributed by atoms with E-state index in [1.165, 1.54) is 102 Å². The molecule has 0 aromatic heterocycles. The molecule has 0 amide bonds. The molecular formula is C16H36NaO6P. The van der Waals surface area contributed by atoms with Crippen molar-refractivity contribution in [1.82, 2.24) is 0 Å². The molecule has 0 heterocycles. The van der Waals surface area contributed by atoms with Crippen LogP contribution in [0.15, 0.2) is 0 Å². The van der Waals surface area contributed by atoms with Gasteiger partial charge in [0.15, 0.2) is 6.29 Å². The Hall–Kier alpha value is 1.03. The van der Waals surface area contributed by atoms with Crippen molar-refractivity contribution in [1.29, 1.82) is 0 Å². The number of unbranched alkanes of at least 4 members (excludes halogenated alkanes) is 12. The van der Waals surface area contributed by atoms with Gasteiger partial charge in [-0.2, -0.15) is 0 Å². The molecule has 0 aromatic rings. The first-order chi connectivity index (χ1) is 11.3. The molecular weight excluding hydrogens is 342 g/mol. The first-order valence-electron chi connectivity index (χ1n) is 9.41. The molecule has 0 aliphatic carbocycles. The van der Waals surface area contributed by atoms with Crippen molar-refractivity contribution in [2.24, 2.45) is 0 Å². The summed E-state index contributed by atoms with van der Waals surface area (Å²) in [5, 5.41) is 17.4. The van der Waals surface area contributed by atoms with Crippen LogP contribution in [0.3, 0.4) is 0 Å². The van der Waals surface area contributed by atoms with Crippen LogP contribution in [0, 0.1) is 0 Å². The summed E-state index contributed by atoms with van der Waals surface area (Å²) in [6, 6.07) is 0. The molecule has 6 nitrogen and oxygen atoms in total. The Morgan fingerprint density at radius 1 is 0.625 bits per heavy atom. The van der Waals surface area contributed by atoms with Crippen molar-refractivity contribution in [2.75, 3.05) is 0 Å². The third kappa shape index (κ3) is 38.5. The van der Waals surface area contributed by atoms with Gasteiger partial charge in [0.05, 0.1) is 0 Å². The Bertz CT molecular complexity index is 277. The zero-order valence-electron chi connectivity index (χ0n) is 15.3. The van der Waals surface area contributed by atoms with Crippen molar-refractivity contribution < 1.29 is 29.5 Å². The van der Waals surface area contributed by atoms with Crippen LogP contribution in [0.2, 0.25) is 3.67 Å². The van der Waals surface area contributed by atoms with Crippen molar-refractivity contribution in [3.63, 3.8) is 0 Å². The van der Waals surface area contributed by atoms with E-state index in [9.17, 15) is 0 Å². The third-order valence-electron chi connectivity index (χ3n) is 3.82. The first-order valence-corrected chi connectivity index (χ1v) is 12.4. The average molecular weight is 378 g/mol. The van der Waals surface area contributed by atoms with E-state index in [-0.39, 0.29) is 0 Å². The Kier molecular flexibility index (Phi) is 23.1. The zero-order valence-corrected chi connectivity index (χ0v) is 18.2. The van der Waals surface area contributed by atoms with E-state index in [0.717, 1.165) is 12.8 Å². The summed E-state index contributed by atoms with van der Waals surface area (Å²) < 4.78 is 10.4. The fraction of sp³-hybridized carbons (Fsp3) is 1.00. The standard InChI is InChI=1S/C16H33O2.Na.H3O4P/c1-2-3-4-5-6-7-8-9-10-11-12-13-14-15-16(17)18;;1-5(2,3)4/h16-18H,1-15H2;;(H3,1,2,3,4). The van der Waals surface area contributed by atoms with Crippen molar-refractivity contribution in [3.8, 4) is 0 Å². The molecule has 24 heavy (non-hydrogen) atoms. The van der Waals surface area contributed by atoms with Crippen LogP contribution in [0.1, 0.15) is 89.9 Å². The summed E-state index contributed by atoms with van der Waals surface area (Å²) in [7, 11) is -4.64. The van der Waals surface area contributed by atoms with Gasteiger partial charge < -0.3 is 24.9 Å². The molecule has 0 saturated heterocycles. The number of aliphatic hydroxyl groups is 2. The van der Waals surface area contributed by atoms with E-state index in [1.807, 2.05) is 0 Å². The molecule has 0 rings (SSSR count). The summed E-state index contributed by atoms with van der Waals surface area (Å²) >= 11 is 1.38. The monoisotopic (exact) mass is 378 g/mol. The van der Waals surface area contributed by atoms with Crippen LogP contribution in [0.25, 0.3) is 0 Å². The van der Waals surface area contributed by atoms with Gasteiger partial charge in [-0.1, -0.05) is 6.42 Å². The van der Waals surface area contributed by atoms with Gasteiger partial charge in [-0.25, -0.2) is 4.57 Å². The van der Waals surface area contributed by atoms with Crippen molar-refractivity contribution in [3.05, 3.63) is 0 Å². The Labute approximate surface area is 164 Å². The topological polar surface area (TPSA) is 118 Å². The molecule has 142 valence electrons. The molecule has 5 N–H and O–H groups in total. The van der Waals surface area contributed by atoms with Gasteiger partial charge in [0.25, 0.3) is 0 Å². The van der Waals surface area contributed by atoms with Gasteiger partial charge in [-0.3, -0.25) is 0 Å². The Morgan fingerprint density at radius 2 is 0.875 bits per heavy atom. The van der Waals surface area contributed by atoms with E-state index >= 15 is 0 Å². The number of phosphoric acid groups is 1. The number of hydrogen-bond donors (Lipinski definition) is 5. The van der Waals surface area contributed by atoms with E-state index in [2.05, 4.69) is 0 Å². The van der Waals surface area contributed by atoms with Crippen molar-refractivity contribution in [2.45, 2.75) is 99.9 Å². The van der Waals surface area contributed by atoms with E-state index in [4.69, 9.17) is 29.5 Å². The number of aliphatic hydroxyl groups excluding tert-OH is 1. The SMILES string of the molecule is O=P(O)(O)O.OC(O)CCCCCCCCCCCCCC[CH2][Na]. The van der Waals surface area contributed by atoms with Crippen LogP contribution in [-0.4, -0.2) is 59.1 Å². The van der Waals surface area contributed by atoms with Gasteiger partial charge in [0.2, 0.25) is 0 Å². The summed E-state index contributed by atoms with van der Waals surface area (Å²) in [4.78, 5) is 21.6. The summed E-state index contributed by atoms with van der Waals surface area (Å²) in [6.45, 7) is 0. The molecule has 0 aromatic carbocycles. The predicted molar refractivity (Wildman–Crippen MR) is 97.7 cm³/mol. The van der Waals surface area contributed by atoms with Crippen molar-refractivity contribution >= 4 is 35.8 Å². The molecule has 0 saturated carbocycles. The van der Waals surface area contributed by atoms with E-state index in [1.54, 1.807) is 0 Å². The first kappa shape index (κ1) is 27.3. The van der Waals surface area contributed by atoms with Gasteiger partial charge in [-0.05, 0) is 12.8 Å². The molecule has 0 aliphatic rings. The fourth-order valence-corrected chi connectivity index (χ4v) is 3.02. The molecule has 0 radical (unpaired) electrons. The van der Waals surface area contributed by atoms with Gasteiger partial charge in [0, 0.05) is 0 Å². The normalized spacial score (nSPS) is 11.5. The summed E-state index contributed by atoms with van der Waals surface area (Å²) in [6.07, 6.45) is 17.0. The summed E-state index contributed by atoms with van der Waals surface area (Å²) in [5.41, 5.74) is 0. The second kappa shape index (κ2) is 20.3. The van der Waals surface area contributed by atoms with E-state index < -0.39 is 14.1 Å². The molecule has 8 heteroatoms. The predicted octanol–water partition coefficient (Wildman–Crippen LogP) is 3.42. The maximum atomic E-state index is 8.88. The second-order valence-corrected chi connectivity index (χ2v) is 8.41. The van der Waals surface area contributed by atoms with Gasteiger partial charge in [0.1, 0.15) is 0 Å².